The molecule has 3 nitrogen and oxygen atoms in total. The average Bonchev–Trinajstić information content (AvgIpc) is 1.85. The summed E-state index contributed by atoms with van der Waals surface area (Å²) >= 11 is 0. The van der Waals surface area contributed by atoms with Crippen LogP contribution in [0.1, 0.15) is 12.8 Å². The molecule has 0 radical (unpaired) electrons. The lowest BCUT2D eigenvalue weighted by atomic mass is 10.3. The Morgan fingerprint density at radius 2 is 2.33 bits per heavy atom. The van der Waals surface area contributed by atoms with Crippen molar-refractivity contribution in [3.63, 3.8) is 0 Å². The third-order valence-corrected chi connectivity index (χ3v) is 0.681. The number of carbonyl (C=O) groups excluding carboxylic acids is 2. The van der Waals surface area contributed by atoms with Gasteiger partial charge < -0.3 is 9.53 Å². The minimum atomic E-state index is -0.419. The van der Waals surface area contributed by atoms with Crippen LogP contribution < -0.4 is 0 Å². The Morgan fingerprint density at radius 1 is 1.67 bits per heavy atom. The summed E-state index contributed by atoms with van der Waals surface area (Å²) in [5.74, 6) is -0.419. The summed E-state index contributed by atoms with van der Waals surface area (Å²) in [7, 11) is 0. The first-order chi connectivity index (χ1) is 4.31. The first-order valence-electron chi connectivity index (χ1n) is 2.55. The Kier molecular flexibility index (Phi) is 4.40. The highest BCUT2D eigenvalue weighted by atomic mass is 16.5. The minimum Gasteiger partial charge on any atom is -0.435 e. The van der Waals surface area contributed by atoms with E-state index in [0.717, 1.165) is 6.26 Å². The van der Waals surface area contributed by atoms with Gasteiger partial charge in [0.2, 0.25) is 0 Å². The zero-order valence-electron chi connectivity index (χ0n) is 5.00. The van der Waals surface area contributed by atoms with Crippen molar-refractivity contribution in [1.82, 2.24) is 0 Å². The predicted octanol–water partition coefficient (Wildman–Crippen LogP) is 0.652. The van der Waals surface area contributed by atoms with Gasteiger partial charge in [-0.2, -0.15) is 0 Å². The van der Waals surface area contributed by atoms with Gasteiger partial charge in [0.05, 0.1) is 12.7 Å². The second-order valence-electron chi connectivity index (χ2n) is 1.36. The lowest BCUT2D eigenvalue weighted by Crippen LogP contribution is -1.98. The van der Waals surface area contributed by atoms with E-state index >= 15 is 0 Å². The molecule has 9 heavy (non-hydrogen) atoms. The van der Waals surface area contributed by atoms with E-state index in [1.165, 1.54) is 0 Å². The molecule has 0 bridgehead atoms. The fraction of sp³-hybridized carbons (Fsp3) is 0.333. The van der Waals surface area contributed by atoms with Crippen LogP contribution in [-0.4, -0.2) is 12.3 Å². The Labute approximate surface area is 53.3 Å². The van der Waals surface area contributed by atoms with Crippen molar-refractivity contribution in [3.8, 4) is 0 Å². The number of ether oxygens (including phenoxy) is 1. The zero-order chi connectivity index (χ0) is 7.11. The molecule has 0 unspecified atom stereocenters. The van der Waals surface area contributed by atoms with Crippen molar-refractivity contribution in [2.75, 3.05) is 0 Å². The molecule has 0 spiro atoms. The van der Waals surface area contributed by atoms with E-state index in [1.807, 2.05) is 0 Å². The van der Waals surface area contributed by atoms with Crippen LogP contribution in [0.25, 0.3) is 0 Å². The van der Waals surface area contributed by atoms with E-state index in [-0.39, 0.29) is 12.8 Å². The maximum atomic E-state index is 10.3. The lowest BCUT2D eigenvalue weighted by Gasteiger charge is -1.91. The third kappa shape index (κ3) is 4.74. The molecule has 3 heteroatoms. The topological polar surface area (TPSA) is 43.4 Å². The van der Waals surface area contributed by atoms with Crippen molar-refractivity contribution in [3.05, 3.63) is 12.8 Å². The molecule has 0 aromatic heterocycles. The number of hydrogen-bond donors (Lipinski definition) is 0. The van der Waals surface area contributed by atoms with Gasteiger partial charge >= 0.3 is 5.97 Å². The van der Waals surface area contributed by atoms with Crippen LogP contribution >= 0.6 is 0 Å². The third-order valence-electron chi connectivity index (χ3n) is 0.681. The molecule has 0 atom stereocenters. The van der Waals surface area contributed by atoms with Crippen molar-refractivity contribution in [2.24, 2.45) is 0 Å². The number of hydrogen-bond acceptors (Lipinski definition) is 3. The second-order valence-corrected chi connectivity index (χ2v) is 1.36. The average molecular weight is 128 g/mol. The number of esters is 1. The molecule has 0 aliphatic rings. The molecule has 0 fully saturated rings. The maximum absolute atomic E-state index is 10.3. The van der Waals surface area contributed by atoms with Gasteiger partial charge in [-0.15, -0.1) is 0 Å². The Bertz CT molecular complexity index is 117. The van der Waals surface area contributed by atoms with Gasteiger partial charge in [-0.25, -0.2) is 0 Å². The van der Waals surface area contributed by atoms with Crippen molar-refractivity contribution < 1.29 is 14.3 Å². The molecule has 0 aliphatic heterocycles. The number of carbonyl (C=O) groups is 2. The second kappa shape index (κ2) is 5.03. The summed E-state index contributed by atoms with van der Waals surface area (Å²) in [6.45, 7) is 3.18. The molecule has 50 valence electrons. The highest BCUT2D eigenvalue weighted by molar-refractivity contribution is 5.72. The fourth-order valence-electron chi connectivity index (χ4n) is 0.329. The highest BCUT2D eigenvalue weighted by Crippen LogP contribution is 1.88. The summed E-state index contributed by atoms with van der Waals surface area (Å²) in [5.41, 5.74) is 0. The van der Waals surface area contributed by atoms with Gasteiger partial charge in [0, 0.05) is 6.42 Å². The van der Waals surface area contributed by atoms with Gasteiger partial charge in [0.1, 0.15) is 6.29 Å². The maximum Gasteiger partial charge on any atom is 0.311 e. The molecule has 0 aliphatic carbocycles. The Balaban J connectivity index is 3.26. The number of aldehydes is 1. The van der Waals surface area contributed by atoms with Crippen LogP contribution in [0, 0.1) is 0 Å². The van der Waals surface area contributed by atoms with E-state index in [1.54, 1.807) is 0 Å². The summed E-state index contributed by atoms with van der Waals surface area (Å²) in [6, 6.07) is 0. The SMILES string of the molecule is C=COC(=O)CCC=O. The monoisotopic (exact) mass is 128 g/mol. The van der Waals surface area contributed by atoms with Crippen LogP contribution in [0.2, 0.25) is 0 Å². The van der Waals surface area contributed by atoms with E-state index in [2.05, 4.69) is 11.3 Å². The van der Waals surface area contributed by atoms with E-state index in [0.29, 0.717) is 6.29 Å². The largest absolute Gasteiger partial charge is 0.435 e. The quantitative estimate of drug-likeness (QED) is 0.317. The van der Waals surface area contributed by atoms with Crippen LogP contribution in [0.3, 0.4) is 0 Å². The highest BCUT2D eigenvalue weighted by Gasteiger charge is 1.97. The summed E-state index contributed by atoms with van der Waals surface area (Å²) in [5, 5.41) is 0. The van der Waals surface area contributed by atoms with Crippen molar-refractivity contribution in [2.45, 2.75) is 12.8 Å². The van der Waals surface area contributed by atoms with E-state index < -0.39 is 5.97 Å². The zero-order valence-corrected chi connectivity index (χ0v) is 5.00. The van der Waals surface area contributed by atoms with Gasteiger partial charge in [-0.3, -0.25) is 4.79 Å². The molecule has 0 N–H and O–H groups in total. The fourth-order valence-corrected chi connectivity index (χ4v) is 0.329. The van der Waals surface area contributed by atoms with Crippen molar-refractivity contribution >= 4 is 12.3 Å². The molecule has 0 saturated heterocycles. The smallest absolute Gasteiger partial charge is 0.311 e. The standard InChI is InChI=1S/C6H8O3/c1-2-9-6(8)4-3-5-7/h2,5H,1,3-4H2. The van der Waals surface area contributed by atoms with Crippen LogP contribution in [0.4, 0.5) is 0 Å². The summed E-state index contributed by atoms with van der Waals surface area (Å²) in [4.78, 5) is 20.0. The Morgan fingerprint density at radius 3 is 2.78 bits per heavy atom. The molecule has 0 aromatic rings. The summed E-state index contributed by atoms with van der Waals surface area (Å²) < 4.78 is 4.31. The predicted molar refractivity (Wildman–Crippen MR) is 31.6 cm³/mol. The van der Waals surface area contributed by atoms with Gasteiger partial charge in [-0.1, -0.05) is 6.58 Å². The van der Waals surface area contributed by atoms with Crippen molar-refractivity contribution in [1.29, 1.82) is 0 Å². The Hall–Kier alpha value is -1.12. The van der Waals surface area contributed by atoms with E-state index in [4.69, 9.17) is 0 Å². The van der Waals surface area contributed by atoms with Crippen LogP contribution in [-0.2, 0) is 14.3 Å². The summed E-state index contributed by atoms with van der Waals surface area (Å²) in [6.07, 6.45) is 2.07. The van der Waals surface area contributed by atoms with Crippen LogP contribution in [0.15, 0.2) is 12.8 Å². The molecule has 0 saturated carbocycles. The molecule has 0 heterocycles. The molecule has 0 amide bonds. The lowest BCUT2D eigenvalue weighted by molar-refractivity contribution is -0.138. The van der Waals surface area contributed by atoms with Gasteiger partial charge in [-0.05, 0) is 0 Å². The number of rotatable bonds is 4. The molecular weight excluding hydrogens is 120 g/mol. The minimum absolute atomic E-state index is 0.134. The van der Waals surface area contributed by atoms with Crippen LogP contribution in [0.5, 0.6) is 0 Å². The first kappa shape index (κ1) is 7.88. The van der Waals surface area contributed by atoms with Gasteiger partial charge in [0.25, 0.3) is 0 Å². The molecular formula is C6H8O3. The molecule has 0 rings (SSSR count). The molecule has 0 aromatic carbocycles. The first-order valence-corrected chi connectivity index (χ1v) is 2.55. The van der Waals surface area contributed by atoms with E-state index in [9.17, 15) is 9.59 Å². The normalized spacial score (nSPS) is 8.00. The van der Waals surface area contributed by atoms with Gasteiger partial charge in [0.15, 0.2) is 0 Å².